The minimum atomic E-state index is -0.163. The van der Waals surface area contributed by atoms with Gasteiger partial charge in [0.2, 0.25) is 0 Å². The van der Waals surface area contributed by atoms with Gasteiger partial charge in [0.15, 0.2) is 0 Å². The maximum absolute atomic E-state index is 12.2. The van der Waals surface area contributed by atoms with Gasteiger partial charge in [-0.1, -0.05) is 24.9 Å². The molecule has 0 fully saturated rings. The topological polar surface area (TPSA) is 63.2 Å². The van der Waals surface area contributed by atoms with Gasteiger partial charge in [-0.05, 0) is 25.5 Å². The summed E-state index contributed by atoms with van der Waals surface area (Å²) >= 11 is 5.93. The van der Waals surface area contributed by atoms with E-state index in [0.29, 0.717) is 23.1 Å². The van der Waals surface area contributed by atoms with Crippen LogP contribution in [0.4, 0.5) is 5.82 Å². The molecule has 0 aliphatic rings. The summed E-state index contributed by atoms with van der Waals surface area (Å²) in [6.07, 6.45) is 1.85. The molecule has 1 amide bonds. The van der Waals surface area contributed by atoms with Crippen molar-refractivity contribution in [2.45, 2.75) is 32.7 Å². The number of aromatic nitrogens is 1. The van der Waals surface area contributed by atoms with Crippen molar-refractivity contribution in [3.05, 3.63) is 22.8 Å². The van der Waals surface area contributed by atoms with Gasteiger partial charge in [0.05, 0.1) is 12.6 Å². The minimum absolute atomic E-state index is 0.00650. The van der Waals surface area contributed by atoms with Crippen LogP contribution in [0.15, 0.2) is 12.1 Å². The van der Waals surface area contributed by atoms with Crippen LogP contribution >= 0.6 is 11.6 Å². The zero-order valence-electron chi connectivity index (χ0n) is 12.2. The normalized spacial score (nSPS) is 12.0. The van der Waals surface area contributed by atoms with Gasteiger partial charge >= 0.3 is 0 Å². The van der Waals surface area contributed by atoms with E-state index in [0.717, 1.165) is 19.4 Å². The molecule has 0 radical (unpaired) electrons. The highest BCUT2D eigenvalue weighted by atomic mass is 35.5. The number of halogens is 1. The van der Waals surface area contributed by atoms with Crippen molar-refractivity contribution < 1.29 is 9.53 Å². The molecule has 1 heterocycles. The first-order chi connectivity index (χ1) is 9.60. The molecule has 0 saturated heterocycles. The van der Waals surface area contributed by atoms with Crippen LogP contribution in [-0.2, 0) is 4.74 Å². The van der Waals surface area contributed by atoms with E-state index >= 15 is 0 Å². The molecule has 5 nitrogen and oxygen atoms in total. The number of methoxy groups -OCH3 is 1. The Hall–Kier alpha value is -1.33. The summed E-state index contributed by atoms with van der Waals surface area (Å²) in [6, 6.07) is 3.26. The van der Waals surface area contributed by atoms with Gasteiger partial charge in [0, 0.05) is 19.2 Å². The second kappa shape index (κ2) is 8.76. The van der Waals surface area contributed by atoms with Crippen LogP contribution in [0.1, 0.15) is 37.0 Å². The molecular formula is C14H22ClN3O2. The number of hydrogen-bond donors (Lipinski definition) is 2. The summed E-state index contributed by atoms with van der Waals surface area (Å²) < 4.78 is 5.11. The fraction of sp³-hybridized carbons (Fsp3) is 0.571. The largest absolute Gasteiger partial charge is 0.383 e. The van der Waals surface area contributed by atoms with E-state index in [1.54, 1.807) is 19.2 Å². The zero-order chi connectivity index (χ0) is 15.0. The number of carbonyl (C=O) groups is 1. The van der Waals surface area contributed by atoms with Gasteiger partial charge in [0.25, 0.3) is 5.91 Å². The molecule has 1 unspecified atom stereocenters. The molecule has 1 aromatic heterocycles. The lowest BCUT2D eigenvalue weighted by molar-refractivity contribution is 0.0891. The van der Waals surface area contributed by atoms with Gasteiger partial charge in [-0.3, -0.25) is 4.79 Å². The number of ether oxygens (including phenoxy) is 1. The molecule has 1 aromatic rings. The number of rotatable bonds is 8. The zero-order valence-corrected chi connectivity index (χ0v) is 13.0. The quantitative estimate of drug-likeness (QED) is 0.725. The van der Waals surface area contributed by atoms with Crippen molar-refractivity contribution in [3.8, 4) is 0 Å². The van der Waals surface area contributed by atoms with Crippen molar-refractivity contribution in [1.82, 2.24) is 10.3 Å². The maximum Gasteiger partial charge on any atom is 0.251 e. The Bertz CT molecular complexity index is 434. The van der Waals surface area contributed by atoms with Gasteiger partial charge < -0.3 is 15.4 Å². The number of hydrogen-bond acceptors (Lipinski definition) is 4. The average molecular weight is 300 g/mol. The maximum atomic E-state index is 12.2. The third kappa shape index (κ3) is 5.35. The number of pyridine rings is 1. The number of amides is 1. The molecule has 1 rings (SSSR count). The Morgan fingerprint density at radius 2 is 2.20 bits per heavy atom. The lowest BCUT2D eigenvalue weighted by Gasteiger charge is -2.17. The second-order valence-electron chi connectivity index (χ2n) is 4.51. The van der Waals surface area contributed by atoms with Crippen LogP contribution in [0.5, 0.6) is 0 Å². The van der Waals surface area contributed by atoms with E-state index < -0.39 is 0 Å². The number of nitrogens with one attached hydrogen (secondary N) is 2. The van der Waals surface area contributed by atoms with Crippen LogP contribution in [0, 0.1) is 0 Å². The molecule has 0 saturated carbocycles. The molecule has 112 valence electrons. The van der Waals surface area contributed by atoms with Gasteiger partial charge in [0.1, 0.15) is 11.0 Å². The molecule has 6 heteroatoms. The van der Waals surface area contributed by atoms with Gasteiger partial charge in [-0.25, -0.2) is 4.98 Å². The first-order valence-corrected chi connectivity index (χ1v) is 7.19. The molecular weight excluding hydrogens is 278 g/mol. The Kier molecular flexibility index (Phi) is 7.33. The summed E-state index contributed by atoms with van der Waals surface area (Å²) in [5, 5.41) is 6.30. The van der Waals surface area contributed by atoms with Crippen molar-refractivity contribution in [3.63, 3.8) is 0 Å². The van der Waals surface area contributed by atoms with E-state index in [-0.39, 0.29) is 11.9 Å². The van der Waals surface area contributed by atoms with Crippen LogP contribution < -0.4 is 10.6 Å². The van der Waals surface area contributed by atoms with Crippen molar-refractivity contribution >= 4 is 23.3 Å². The second-order valence-corrected chi connectivity index (χ2v) is 4.90. The highest BCUT2D eigenvalue weighted by molar-refractivity contribution is 6.29. The first-order valence-electron chi connectivity index (χ1n) is 6.81. The summed E-state index contributed by atoms with van der Waals surface area (Å²) in [6.45, 7) is 5.24. The van der Waals surface area contributed by atoms with E-state index in [2.05, 4.69) is 22.5 Å². The minimum Gasteiger partial charge on any atom is -0.383 e. The predicted octanol–water partition coefficient (Wildman–Crippen LogP) is 2.71. The smallest absolute Gasteiger partial charge is 0.251 e. The van der Waals surface area contributed by atoms with Gasteiger partial charge in [-0.15, -0.1) is 0 Å². The van der Waals surface area contributed by atoms with E-state index in [1.165, 1.54) is 0 Å². The number of anilines is 1. The predicted molar refractivity (Wildman–Crippen MR) is 81.4 cm³/mol. The standard InChI is InChI=1S/C14H22ClN3O2/c1-4-6-11(9-20-3)17-14(19)10-7-12(15)18-13(8-10)16-5-2/h7-8,11H,4-6,9H2,1-3H3,(H,16,18)(H,17,19). The van der Waals surface area contributed by atoms with E-state index in [4.69, 9.17) is 16.3 Å². The Labute approximate surface area is 125 Å². The van der Waals surface area contributed by atoms with Crippen LogP contribution in [0.25, 0.3) is 0 Å². The van der Waals surface area contributed by atoms with E-state index in [9.17, 15) is 4.79 Å². The third-order valence-corrected chi connectivity index (χ3v) is 2.95. The lowest BCUT2D eigenvalue weighted by atomic mass is 10.1. The van der Waals surface area contributed by atoms with E-state index in [1.807, 2.05) is 6.92 Å². The van der Waals surface area contributed by atoms with Crippen molar-refractivity contribution in [2.24, 2.45) is 0 Å². The average Bonchev–Trinajstić information content (AvgIpc) is 2.39. The van der Waals surface area contributed by atoms with Crippen LogP contribution in [0.3, 0.4) is 0 Å². The molecule has 0 bridgehead atoms. The monoisotopic (exact) mass is 299 g/mol. The first kappa shape index (κ1) is 16.7. The summed E-state index contributed by atoms with van der Waals surface area (Å²) in [5.74, 6) is 0.438. The molecule has 20 heavy (non-hydrogen) atoms. The Morgan fingerprint density at radius 3 is 2.80 bits per heavy atom. The Morgan fingerprint density at radius 1 is 1.45 bits per heavy atom. The van der Waals surface area contributed by atoms with Crippen molar-refractivity contribution in [1.29, 1.82) is 0 Å². The number of nitrogens with zero attached hydrogens (tertiary/aromatic N) is 1. The Balaban J connectivity index is 2.79. The lowest BCUT2D eigenvalue weighted by Crippen LogP contribution is -2.38. The van der Waals surface area contributed by atoms with Crippen LogP contribution in [0.2, 0.25) is 5.15 Å². The SMILES string of the molecule is CCCC(COC)NC(=O)c1cc(Cl)nc(NCC)c1. The summed E-state index contributed by atoms with van der Waals surface area (Å²) in [5.41, 5.74) is 0.498. The summed E-state index contributed by atoms with van der Waals surface area (Å²) in [4.78, 5) is 16.3. The number of carbonyl (C=O) groups excluding carboxylic acids is 1. The molecule has 1 atom stereocenters. The molecule has 0 aliphatic carbocycles. The van der Waals surface area contributed by atoms with Crippen molar-refractivity contribution in [2.75, 3.05) is 25.6 Å². The molecule has 0 aliphatic heterocycles. The highest BCUT2D eigenvalue weighted by Gasteiger charge is 2.14. The molecule has 2 N–H and O–H groups in total. The molecule has 0 aromatic carbocycles. The highest BCUT2D eigenvalue weighted by Crippen LogP contribution is 2.15. The molecule has 0 spiro atoms. The van der Waals surface area contributed by atoms with Crippen LogP contribution in [-0.4, -0.2) is 37.2 Å². The summed E-state index contributed by atoms with van der Waals surface area (Å²) in [7, 11) is 1.63. The third-order valence-electron chi connectivity index (χ3n) is 2.75. The van der Waals surface area contributed by atoms with Gasteiger partial charge in [-0.2, -0.15) is 0 Å². The fourth-order valence-corrected chi connectivity index (χ4v) is 2.12. The fourth-order valence-electron chi connectivity index (χ4n) is 1.92.